The summed E-state index contributed by atoms with van der Waals surface area (Å²) < 4.78 is 45.8. The SMILES string of the molecule is Cc1oc(C(=O)N(Cc2ccc(F)cc2)C2CC2)cc1S(=O)(=O)N1CCCC1. The molecule has 1 aliphatic heterocycles. The zero-order valence-electron chi connectivity index (χ0n) is 15.7. The zero-order valence-corrected chi connectivity index (χ0v) is 16.5. The standard InChI is InChI=1S/C20H23FN2O4S/c1-14-19(28(25,26)22-10-2-3-11-22)12-18(27-14)20(24)23(17-8-9-17)13-15-4-6-16(21)7-5-15/h4-7,12,17H,2-3,8-11,13H2,1H3. The maximum Gasteiger partial charge on any atom is 0.290 e. The fourth-order valence-corrected chi connectivity index (χ4v) is 5.25. The molecule has 1 saturated carbocycles. The number of hydrogen-bond acceptors (Lipinski definition) is 4. The highest BCUT2D eigenvalue weighted by atomic mass is 32.2. The van der Waals surface area contributed by atoms with E-state index >= 15 is 0 Å². The third-order valence-electron chi connectivity index (χ3n) is 5.28. The van der Waals surface area contributed by atoms with E-state index in [1.165, 1.54) is 22.5 Å². The summed E-state index contributed by atoms with van der Waals surface area (Å²) in [7, 11) is -3.65. The molecule has 0 N–H and O–H groups in total. The predicted molar refractivity (Wildman–Crippen MR) is 101 cm³/mol. The third kappa shape index (κ3) is 3.71. The van der Waals surface area contributed by atoms with Crippen molar-refractivity contribution >= 4 is 15.9 Å². The molecule has 2 fully saturated rings. The number of furan rings is 1. The van der Waals surface area contributed by atoms with Crippen LogP contribution in [0, 0.1) is 12.7 Å². The second-order valence-electron chi connectivity index (χ2n) is 7.43. The second kappa shape index (κ2) is 7.33. The number of aryl methyl sites for hydroxylation is 1. The summed E-state index contributed by atoms with van der Waals surface area (Å²) in [6, 6.07) is 7.47. The summed E-state index contributed by atoms with van der Waals surface area (Å²) in [5.74, 6) is -0.402. The molecule has 6 nitrogen and oxygen atoms in total. The first-order valence-electron chi connectivity index (χ1n) is 9.52. The predicted octanol–water partition coefficient (Wildman–Crippen LogP) is 3.32. The van der Waals surface area contributed by atoms with Gasteiger partial charge >= 0.3 is 0 Å². The smallest absolute Gasteiger partial charge is 0.290 e. The molecule has 0 bridgehead atoms. The van der Waals surface area contributed by atoms with Crippen LogP contribution in [0.4, 0.5) is 4.39 Å². The topological polar surface area (TPSA) is 70.8 Å². The van der Waals surface area contributed by atoms with E-state index in [0.717, 1.165) is 31.2 Å². The molecule has 1 aliphatic carbocycles. The minimum Gasteiger partial charge on any atom is -0.455 e. The van der Waals surface area contributed by atoms with E-state index in [-0.39, 0.29) is 34.2 Å². The number of carbonyl (C=O) groups is 1. The highest BCUT2D eigenvalue weighted by molar-refractivity contribution is 7.89. The number of amides is 1. The fourth-order valence-electron chi connectivity index (χ4n) is 3.58. The van der Waals surface area contributed by atoms with Gasteiger partial charge in [0.25, 0.3) is 5.91 Å². The van der Waals surface area contributed by atoms with Crippen molar-refractivity contribution in [2.45, 2.75) is 50.1 Å². The Kier molecular flexibility index (Phi) is 5.01. The van der Waals surface area contributed by atoms with Crippen molar-refractivity contribution in [1.29, 1.82) is 0 Å². The number of halogens is 1. The van der Waals surface area contributed by atoms with Crippen LogP contribution in [-0.4, -0.2) is 42.7 Å². The lowest BCUT2D eigenvalue weighted by molar-refractivity contribution is 0.0696. The molecule has 0 unspecified atom stereocenters. The molecule has 0 atom stereocenters. The van der Waals surface area contributed by atoms with Crippen molar-refractivity contribution in [3.05, 3.63) is 53.2 Å². The van der Waals surface area contributed by atoms with Crippen LogP contribution in [0.1, 0.15) is 47.6 Å². The van der Waals surface area contributed by atoms with E-state index in [9.17, 15) is 17.6 Å². The van der Waals surface area contributed by atoms with Crippen LogP contribution in [0.5, 0.6) is 0 Å². The molecule has 1 saturated heterocycles. The molecule has 28 heavy (non-hydrogen) atoms. The Morgan fingerprint density at radius 3 is 2.46 bits per heavy atom. The normalized spacial score (nSPS) is 17.8. The monoisotopic (exact) mass is 406 g/mol. The van der Waals surface area contributed by atoms with Crippen LogP contribution in [0.2, 0.25) is 0 Å². The van der Waals surface area contributed by atoms with Gasteiger partial charge in [0.2, 0.25) is 10.0 Å². The molecular weight excluding hydrogens is 383 g/mol. The zero-order chi connectivity index (χ0) is 19.9. The van der Waals surface area contributed by atoms with Gasteiger partial charge in [-0.15, -0.1) is 0 Å². The van der Waals surface area contributed by atoms with Crippen LogP contribution in [0.3, 0.4) is 0 Å². The quantitative estimate of drug-likeness (QED) is 0.738. The molecule has 1 amide bonds. The fraction of sp³-hybridized carbons (Fsp3) is 0.450. The highest BCUT2D eigenvalue weighted by Crippen LogP contribution is 2.32. The minimum atomic E-state index is -3.65. The van der Waals surface area contributed by atoms with Gasteiger partial charge in [0.05, 0.1) is 0 Å². The average molecular weight is 406 g/mol. The lowest BCUT2D eigenvalue weighted by atomic mass is 10.2. The van der Waals surface area contributed by atoms with Crippen molar-refractivity contribution < 1.29 is 22.0 Å². The minimum absolute atomic E-state index is 0.0317. The van der Waals surface area contributed by atoms with E-state index in [4.69, 9.17) is 4.42 Å². The van der Waals surface area contributed by atoms with Crippen molar-refractivity contribution in [3.63, 3.8) is 0 Å². The van der Waals surface area contributed by atoms with E-state index in [2.05, 4.69) is 0 Å². The van der Waals surface area contributed by atoms with Gasteiger partial charge in [0.15, 0.2) is 5.76 Å². The Hall–Kier alpha value is -2.19. The molecule has 150 valence electrons. The third-order valence-corrected chi connectivity index (χ3v) is 7.29. The molecular formula is C20H23FN2O4S. The van der Waals surface area contributed by atoms with Gasteiger partial charge in [0.1, 0.15) is 16.5 Å². The molecule has 2 heterocycles. The highest BCUT2D eigenvalue weighted by Gasteiger charge is 2.37. The summed E-state index contributed by atoms with van der Waals surface area (Å²) >= 11 is 0. The van der Waals surface area contributed by atoms with E-state index < -0.39 is 10.0 Å². The molecule has 8 heteroatoms. The second-order valence-corrected chi connectivity index (χ2v) is 9.34. The Bertz CT molecular complexity index is 974. The van der Waals surface area contributed by atoms with Gasteiger partial charge in [-0.25, -0.2) is 12.8 Å². The number of rotatable bonds is 6. The number of nitrogens with zero attached hydrogens (tertiary/aromatic N) is 2. The molecule has 0 radical (unpaired) electrons. The Morgan fingerprint density at radius 1 is 1.21 bits per heavy atom. The van der Waals surface area contributed by atoms with Gasteiger partial charge in [-0.3, -0.25) is 4.79 Å². The first kappa shape index (κ1) is 19.1. The first-order chi connectivity index (χ1) is 13.4. The van der Waals surface area contributed by atoms with Gasteiger partial charge in [-0.2, -0.15) is 4.31 Å². The number of carbonyl (C=O) groups excluding carboxylic acids is 1. The van der Waals surface area contributed by atoms with E-state index in [1.54, 1.807) is 24.0 Å². The van der Waals surface area contributed by atoms with E-state index in [0.29, 0.717) is 19.6 Å². The van der Waals surface area contributed by atoms with Crippen LogP contribution in [-0.2, 0) is 16.6 Å². The summed E-state index contributed by atoms with van der Waals surface area (Å²) in [6.45, 7) is 2.89. The molecule has 2 aliphatic rings. The molecule has 1 aromatic heterocycles. The van der Waals surface area contributed by atoms with Crippen molar-refractivity contribution in [1.82, 2.24) is 9.21 Å². The number of hydrogen-bond donors (Lipinski definition) is 0. The van der Waals surface area contributed by atoms with E-state index in [1.807, 2.05) is 0 Å². The largest absolute Gasteiger partial charge is 0.455 e. The number of sulfonamides is 1. The summed E-state index contributed by atoms with van der Waals surface area (Å²) in [5.41, 5.74) is 0.815. The maximum absolute atomic E-state index is 13.1. The first-order valence-corrected chi connectivity index (χ1v) is 11.0. The summed E-state index contributed by atoms with van der Waals surface area (Å²) in [5, 5.41) is 0. The number of benzene rings is 1. The Balaban J connectivity index is 1.59. The van der Waals surface area contributed by atoms with Crippen LogP contribution in [0.25, 0.3) is 0 Å². The Morgan fingerprint density at radius 2 is 1.86 bits per heavy atom. The van der Waals surface area contributed by atoms with Crippen LogP contribution < -0.4 is 0 Å². The van der Waals surface area contributed by atoms with Gasteiger partial charge in [0, 0.05) is 31.7 Å². The van der Waals surface area contributed by atoms with Crippen LogP contribution >= 0.6 is 0 Å². The summed E-state index contributed by atoms with van der Waals surface area (Å²) in [6.07, 6.45) is 3.47. The summed E-state index contributed by atoms with van der Waals surface area (Å²) in [4.78, 5) is 14.8. The molecule has 0 spiro atoms. The molecule has 1 aromatic carbocycles. The van der Waals surface area contributed by atoms with Gasteiger partial charge < -0.3 is 9.32 Å². The lowest BCUT2D eigenvalue weighted by Crippen LogP contribution is -2.32. The Labute approximate surface area is 164 Å². The van der Waals surface area contributed by atoms with Gasteiger partial charge in [-0.1, -0.05) is 12.1 Å². The van der Waals surface area contributed by atoms with Crippen LogP contribution in [0.15, 0.2) is 39.6 Å². The van der Waals surface area contributed by atoms with Crippen molar-refractivity contribution in [2.75, 3.05) is 13.1 Å². The van der Waals surface area contributed by atoms with Gasteiger partial charge in [-0.05, 0) is 50.3 Å². The van der Waals surface area contributed by atoms with Crippen molar-refractivity contribution in [3.8, 4) is 0 Å². The average Bonchev–Trinajstić information content (AvgIpc) is 3.17. The lowest BCUT2D eigenvalue weighted by Gasteiger charge is -2.21. The molecule has 2 aromatic rings. The molecule has 4 rings (SSSR count). The maximum atomic E-state index is 13.1. The van der Waals surface area contributed by atoms with Crippen molar-refractivity contribution in [2.24, 2.45) is 0 Å².